The van der Waals surface area contributed by atoms with Crippen molar-refractivity contribution in [1.29, 1.82) is 0 Å². The zero-order chi connectivity index (χ0) is 15.9. The highest BCUT2D eigenvalue weighted by Crippen LogP contribution is 2.24. The van der Waals surface area contributed by atoms with E-state index in [0.717, 1.165) is 0 Å². The minimum atomic E-state index is -3.81. The summed E-state index contributed by atoms with van der Waals surface area (Å²) in [6, 6.07) is 7.46. The molecule has 0 unspecified atom stereocenters. The van der Waals surface area contributed by atoms with Crippen molar-refractivity contribution in [2.24, 2.45) is 0 Å². The Morgan fingerprint density at radius 2 is 1.91 bits per heavy atom. The molecule has 0 saturated carbocycles. The Hall–Kier alpha value is -2.61. The molecule has 7 nitrogen and oxygen atoms in total. The lowest BCUT2D eigenvalue weighted by atomic mass is 10.2. The van der Waals surface area contributed by atoms with Crippen LogP contribution in [0.25, 0.3) is 11.0 Å². The predicted molar refractivity (Wildman–Crippen MR) is 79.3 cm³/mol. The SMILES string of the molecule is Cc1noc(C)c1S(=O)(=O)Nc1ccc2oc(=O)ccc2c1. The van der Waals surface area contributed by atoms with Crippen LogP contribution in [0.5, 0.6) is 0 Å². The van der Waals surface area contributed by atoms with Crippen LogP contribution in [0.4, 0.5) is 5.69 Å². The number of sulfonamides is 1. The summed E-state index contributed by atoms with van der Waals surface area (Å²) >= 11 is 0. The van der Waals surface area contributed by atoms with Crippen LogP contribution < -0.4 is 10.3 Å². The quantitative estimate of drug-likeness (QED) is 0.742. The Morgan fingerprint density at radius 3 is 2.59 bits per heavy atom. The molecule has 22 heavy (non-hydrogen) atoms. The van der Waals surface area contributed by atoms with Gasteiger partial charge in [-0.05, 0) is 38.1 Å². The third kappa shape index (κ3) is 2.48. The predicted octanol–water partition coefficient (Wildman–Crippen LogP) is 2.20. The average molecular weight is 320 g/mol. The second kappa shape index (κ2) is 4.99. The lowest BCUT2D eigenvalue weighted by molar-refractivity contribution is 0.390. The number of fused-ring (bicyclic) bond motifs is 1. The first-order valence-corrected chi connectivity index (χ1v) is 7.85. The van der Waals surface area contributed by atoms with Crippen LogP contribution in [0.2, 0.25) is 0 Å². The lowest BCUT2D eigenvalue weighted by Gasteiger charge is -2.08. The molecule has 0 atom stereocenters. The molecule has 0 bridgehead atoms. The number of benzene rings is 1. The fourth-order valence-electron chi connectivity index (χ4n) is 2.20. The molecule has 0 fully saturated rings. The van der Waals surface area contributed by atoms with E-state index in [1.807, 2.05) is 0 Å². The van der Waals surface area contributed by atoms with Gasteiger partial charge in [-0.2, -0.15) is 0 Å². The Kier molecular flexibility index (Phi) is 3.25. The first kappa shape index (κ1) is 14.3. The highest BCUT2D eigenvalue weighted by molar-refractivity contribution is 7.92. The van der Waals surface area contributed by atoms with Crippen LogP contribution in [0, 0.1) is 13.8 Å². The average Bonchev–Trinajstić information content (AvgIpc) is 2.78. The van der Waals surface area contributed by atoms with Gasteiger partial charge in [0.2, 0.25) is 0 Å². The van der Waals surface area contributed by atoms with E-state index in [-0.39, 0.29) is 16.3 Å². The van der Waals surface area contributed by atoms with Crippen molar-refractivity contribution in [1.82, 2.24) is 5.16 Å². The summed E-state index contributed by atoms with van der Waals surface area (Å²) < 4.78 is 37.2. The minimum absolute atomic E-state index is 0.0205. The fourth-order valence-corrected chi connectivity index (χ4v) is 3.58. The van der Waals surface area contributed by atoms with E-state index >= 15 is 0 Å². The van der Waals surface area contributed by atoms with Crippen LogP contribution in [-0.4, -0.2) is 13.6 Å². The molecule has 2 aromatic heterocycles. The van der Waals surface area contributed by atoms with Gasteiger partial charge in [0.25, 0.3) is 10.0 Å². The van der Waals surface area contributed by atoms with Crippen LogP contribution in [0.3, 0.4) is 0 Å². The van der Waals surface area contributed by atoms with Crippen molar-refractivity contribution in [2.75, 3.05) is 4.72 Å². The highest BCUT2D eigenvalue weighted by atomic mass is 32.2. The van der Waals surface area contributed by atoms with Crippen molar-refractivity contribution in [2.45, 2.75) is 18.7 Å². The maximum absolute atomic E-state index is 12.4. The Bertz CT molecular complexity index is 998. The number of nitrogens with one attached hydrogen (secondary N) is 1. The third-order valence-corrected chi connectivity index (χ3v) is 4.73. The van der Waals surface area contributed by atoms with Crippen LogP contribution in [-0.2, 0) is 10.0 Å². The zero-order valence-electron chi connectivity index (χ0n) is 11.8. The molecule has 0 aliphatic carbocycles. The maximum Gasteiger partial charge on any atom is 0.336 e. The molecule has 114 valence electrons. The Morgan fingerprint density at radius 1 is 1.14 bits per heavy atom. The molecular formula is C14H12N2O5S. The van der Waals surface area contributed by atoms with Gasteiger partial charge >= 0.3 is 5.63 Å². The largest absolute Gasteiger partial charge is 0.423 e. The lowest BCUT2D eigenvalue weighted by Crippen LogP contribution is -2.14. The van der Waals surface area contributed by atoms with Gasteiger partial charge in [0.05, 0.1) is 0 Å². The summed E-state index contributed by atoms with van der Waals surface area (Å²) in [6.07, 6.45) is 0. The maximum atomic E-state index is 12.4. The van der Waals surface area contributed by atoms with Crippen molar-refractivity contribution in [3.63, 3.8) is 0 Å². The molecule has 1 aromatic carbocycles. The van der Waals surface area contributed by atoms with E-state index in [1.165, 1.54) is 25.1 Å². The highest BCUT2D eigenvalue weighted by Gasteiger charge is 2.24. The zero-order valence-corrected chi connectivity index (χ0v) is 12.6. The molecule has 2 heterocycles. The van der Waals surface area contributed by atoms with Crippen molar-refractivity contribution in [3.8, 4) is 0 Å². The number of hydrogen-bond acceptors (Lipinski definition) is 6. The topological polar surface area (TPSA) is 102 Å². The molecule has 0 amide bonds. The molecule has 0 aliphatic heterocycles. The van der Waals surface area contributed by atoms with E-state index in [2.05, 4.69) is 9.88 Å². The van der Waals surface area contributed by atoms with E-state index in [1.54, 1.807) is 19.1 Å². The first-order chi connectivity index (χ1) is 10.4. The summed E-state index contributed by atoms with van der Waals surface area (Å²) in [5.41, 5.74) is 0.558. The molecule has 3 aromatic rings. The second-order valence-corrected chi connectivity index (χ2v) is 6.39. The molecule has 0 spiro atoms. The third-order valence-electron chi connectivity index (χ3n) is 3.11. The van der Waals surface area contributed by atoms with Gasteiger partial charge in [0, 0.05) is 17.1 Å². The standard InChI is InChI=1S/C14H12N2O5S/c1-8-14(9(2)21-15-8)22(18,19)16-11-4-5-12-10(7-11)3-6-13(17)20-12/h3-7,16H,1-2H3. The molecule has 0 saturated heterocycles. The Labute approximate surface area is 125 Å². The second-order valence-electron chi connectivity index (χ2n) is 4.77. The van der Waals surface area contributed by atoms with E-state index in [0.29, 0.717) is 16.7 Å². The van der Waals surface area contributed by atoms with Gasteiger partial charge < -0.3 is 8.94 Å². The molecule has 1 N–H and O–H groups in total. The normalized spacial score (nSPS) is 11.7. The van der Waals surface area contributed by atoms with Crippen molar-refractivity contribution >= 4 is 26.7 Å². The van der Waals surface area contributed by atoms with Crippen molar-refractivity contribution < 1.29 is 17.4 Å². The van der Waals surface area contributed by atoms with Gasteiger partial charge in [-0.1, -0.05) is 5.16 Å². The van der Waals surface area contributed by atoms with Crippen LogP contribution >= 0.6 is 0 Å². The smallest absolute Gasteiger partial charge is 0.336 e. The number of rotatable bonds is 3. The summed E-state index contributed by atoms with van der Waals surface area (Å²) in [5, 5.41) is 4.25. The fraction of sp³-hybridized carbons (Fsp3) is 0.143. The van der Waals surface area contributed by atoms with Gasteiger partial charge in [0.15, 0.2) is 10.7 Å². The molecule has 0 aliphatic rings. The first-order valence-electron chi connectivity index (χ1n) is 6.36. The number of hydrogen-bond donors (Lipinski definition) is 1. The summed E-state index contributed by atoms with van der Waals surface area (Å²) in [5.74, 6) is 0.219. The number of anilines is 1. The van der Waals surface area contributed by atoms with Crippen LogP contribution in [0.15, 0.2) is 49.0 Å². The summed E-state index contributed by atoms with van der Waals surface area (Å²) in [6.45, 7) is 3.09. The molecule has 0 radical (unpaired) electrons. The van der Waals surface area contributed by atoms with E-state index < -0.39 is 15.6 Å². The van der Waals surface area contributed by atoms with E-state index in [4.69, 9.17) is 8.94 Å². The molecular weight excluding hydrogens is 308 g/mol. The van der Waals surface area contributed by atoms with Crippen molar-refractivity contribution in [3.05, 3.63) is 52.2 Å². The van der Waals surface area contributed by atoms with E-state index in [9.17, 15) is 13.2 Å². The number of aromatic nitrogens is 1. The van der Waals surface area contributed by atoms with Crippen LogP contribution in [0.1, 0.15) is 11.5 Å². The monoisotopic (exact) mass is 320 g/mol. The van der Waals surface area contributed by atoms with Gasteiger partial charge in [-0.25, -0.2) is 13.2 Å². The van der Waals surface area contributed by atoms with Gasteiger partial charge in [-0.3, -0.25) is 4.72 Å². The number of nitrogens with zero attached hydrogens (tertiary/aromatic N) is 1. The minimum Gasteiger partial charge on any atom is -0.423 e. The molecule has 3 rings (SSSR count). The number of aryl methyl sites for hydroxylation is 2. The Balaban J connectivity index is 2.02. The summed E-state index contributed by atoms with van der Waals surface area (Å²) in [7, 11) is -3.81. The van der Waals surface area contributed by atoms with Gasteiger partial charge in [0.1, 0.15) is 11.3 Å². The molecule has 8 heteroatoms. The summed E-state index contributed by atoms with van der Waals surface area (Å²) in [4.78, 5) is 11.2. The van der Waals surface area contributed by atoms with Gasteiger partial charge in [-0.15, -0.1) is 0 Å².